The lowest BCUT2D eigenvalue weighted by atomic mass is 9.99. The molecule has 0 aliphatic heterocycles. The molecule has 0 bridgehead atoms. The Morgan fingerprint density at radius 3 is 2.41 bits per heavy atom. The Kier molecular flexibility index (Phi) is 4.74. The van der Waals surface area contributed by atoms with Gasteiger partial charge in [-0.25, -0.2) is 4.79 Å². The van der Waals surface area contributed by atoms with E-state index in [2.05, 4.69) is 50.4 Å². The number of hydrogen-bond donors (Lipinski definition) is 1. The molecule has 0 radical (unpaired) electrons. The number of nitrogens with one attached hydrogen (secondary N) is 1. The molecule has 2 rings (SSSR count). The predicted molar refractivity (Wildman–Crippen MR) is 93.0 cm³/mol. The van der Waals surface area contributed by atoms with E-state index in [9.17, 15) is 4.79 Å². The summed E-state index contributed by atoms with van der Waals surface area (Å²) < 4.78 is 0. The highest BCUT2D eigenvalue weighted by Crippen LogP contribution is 2.24. The van der Waals surface area contributed by atoms with Gasteiger partial charge in [-0.3, -0.25) is 0 Å². The molecule has 2 aromatic carbocycles. The van der Waals surface area contributed by atoms with Gasteiger partial charge >= 0.3 is 6.03 Å². The quantitative estimate of drug-likeness (QED) is 0.873. The molecule has 0 saturated carbocycles. The average molecular weight is 298 g/mol. The second-order valence-electron chi connectivity index (χ2n) is 6.65. The third-order valence-electron chi connectivity index (χ3n) is 4.00. The smallest absolute Gasteiger partial charge is 0.318 e. The van der Waals surface area contributed by atoms with Crippen LogP contribution in [0.4, 0.5) is 4.79 Å². The van der Waals surface area contributed by atoms with Crippen molar-refractivity contribution in [1.29, 1.82) is 0 Å². The minimum absolute atomic E-state index is 0.0181. The zero-order valence-electron chi connectivity index (χ0n) is 14.2. The number of carbonyl (C=O) groups is 1. The average Bonchev–Trinajstić information content (AvgIpc) is 2.45. The number of carbonyl (C=O) groups excluding carboxylic acids is 1. The highest BCUT2D eigenvalue weighted by atomic mass is 16.2. The molecule has 0 fully saturated rings. The van der Waals surface area contributed by atoms with Gasteiger partial charge < -0.3 is 10.2 Å². The van der Waals surface area contributed by atoms with E-state index in [-0.39, 0.29) is 17.6 Å². The van der Waals surface area contributed by atoms with Crippen molar-refractivity contribution in [2.24, 2.45) is 0 Å². The van der Waals surface area contributed by atoms with E-state index in [1.165, 1.54) is 10.8 Å². The molecule has 0 unspecified atom stereocenters. The molecule has 0 saturated heterocycles. The Hall–Kier alpha value is -2.03. The molecular weight excluding hydrogens is 272 g/mol. The number of urea groups is 1. The van der Waals surface area contributed by atoms with E-state index in [1.54, 1.807) is 0 Å². The second-order valence-corrected chi connectivity index (χ2v) is 6.65. The first-order valence-electron chi connectivity index (χ1n) is 7.90. The summed E-state index contributed by atoms with van der Waals surface area (Å²) in [6.07, 6.45) is 0. The number of hydrogen-bond acceptors (Lipinski definition) is 1. The fourth-order valence-corrected chi connectivity index (χ4v) is 2.89. The Bertz CT molecular complexity index is 653. The maximum Gasteiger partial charge on any atom is 0.318 e. The van der Waals surface area contributed by atoms with Crippen molar-refractivity contribution in [3.8, 4) is 0 Å². The lowest BCUT2D eigenvalue weighted by molar-refractivity contribution is 0.147. The van der Waals surface area contributed by atoms with Gasteiger partial charge in [0.25, 0.3) is 0 Å². The molecular formula is C19H26N2O. The van der Waals surface area contributed by atoms with Gasteiger partial charge in [0.2, 0.25) is 0 Å². The Balaban J connectivity index is 2.24. The van der Waals surface area contributed by atoms with Crippen LogP contribution >= 0.6 is 0 Å². The van der Waals surface area contributed by atoms with Gasteiger partial charge in [-0.1, -0.05) is 42.5 Å². The fraction of sp³-hybridized carbons (Fsp3) is 0.421. The summed E-state index contributed by atoms with van der Waals surface area (Å²) in [5, 5.41) is 5.52. The molecule has 3 nitrogen and oxygen atoms in total. The number of nitrogens with zero attached hydrogens (tertiary/aromatic N) is 1. The van der Waals surface area contributed by atoms with Gasteiger partial charge in [0, 0.05) is 12.1 Å². The minimum Gasteiger partial charge on any atom is -0.331 e. The third kappa shape index (κ3) is 3.41. The van der Waals surface area contributed by atoms with Crippen molar-refractivity contribution in [3.05, 3.63) is 48.0 Å². The molecule has 2 amide bonds. The van der Waals surface area contributed by atoms with E-state index >= 15 is 0 Å². The lowest BCUT2D eigenvalue weighted by Crippen LogP contribution is -2.50. The largest absolute Gasteiger partial charge is 0.331 e. The van der Waals surface area contributed by atoms with E-state index in [4.69, 9.17) is 0 Å². The van der Waals surface area contributed by atoms with Gasteiger partial charge in [0.05, 0.1) is 6.04 Å². The van der Waals surface area contributed by atoms with Crippen LogP contribution in [-0.4, -0.2) is 23.0 Å². The molecule has 118 valence electrons. The number of rotatable bonds is 3. The first kappa shape index (κ1) is 16.3. The minimum atomic E-state index is -0.183. The Labute approximate surface area is 133 Å². The van der Waals surface area contributed by atoms with Crippen LogP contribution in [0.25, 0.3) is 10.8 Å². The van der Waals surface area contributed by atoms with Crippen molar-refractivity contribution in [3.63, 3.8) is 0 Å². The summed E-state index contributed by atoms with van der Waals surface area (Å²) in [5.74, 6) is 0. The van der Waals surface area contributed by atoms with Crippen molar-refractivity contribution in [1.82, 2.24) is 10.2 Å². The van der Waals surface area contributed by atoms with Crippen LogP contribution in [0.15, 0.2) is 42.5 Å². The summed E-state index contributed by atoms with van der Waals surface area (Å²) in [6, 6.07) is 14.4. The normalized spacial score (nSPS) is 13.0. The predicted octanol–water partition coefficient (Wildman–Crippen LogP) is 4.73. The first-order valence-corrected chi connectivity index (χ1v) is 7.90. The molecule has 22 heavy (non-hydrogen) atoms. The highest BCUT2D eigenvalue weighted by Gasteiger charge is 2.26. The van der Waals surface area contributed by atoms with E-state index in [0.29, 0.717) is 6.54 Å². The third-order valence-corrected chi connectivity index (χ3v) is 4.00. The van der Waals surface area contributed by atoms with Crippen LogP contribution in [0.2, 0.25) is 0 Å². The van der Waals surface area contributed by atoms with Crippen molar-refractivity contribution in [2.45, 2.75) is 46.2 Å². The molecule has 3 heteroatoms. The van der Waals surface area contributed by atoms with E-state index in [1.807, 2.05) is 36.9 Å². The van der Waals surface area contributed by atoms with Crippen LogP contribution < -0.4 is 5.32 Å². The van der Waals surface area contributed by atoms with Gasteiger partial charge in [0.15, 0.2) is 0 Å². The highest BCUT2D eigenvalue weighted by molar-refractivity contribution is 5.86. The molecule has 1 N–H and O–H groups in total. The van der Waals surface area contributed by atoms with E-state index in [0.717, 1.165) is 5.56 Å². The second kappa shape index (κ2) is 6.39. The molecule has 0 aromatic heterocycles. The van der Waals surface area contributed by atoms with E-state index < -0.39 is 0 Å². The van der Waals surface area contributed by atoms with Gasteiger partial charge in [-0.15, -0.1) is 0 Å². The van der Waals surface area contributed by atoms with Crippen molar-refractivity contribution < 1.29 is 4.79 Å². The molecule has 0 aliphatic rings. The monoisotopic (exact) mass is 298 g/mol. The maximum atomic E-state index is 12.6. The molecule has 0 heterocycles. The van der Waals surface area contributed by atoms with Gasteiger partial charge in [-0.05, 0) is 51.0 Å². The maximum absolute atomic E-state index is 12.6. The number of amides is 2. The van der Waals surface area contributed by atoms with Crippen molar-refractivity contribution >= 4 is 16.8 Å². The summed E-state index contributed by atoms with van der Waals surface area (Å²) in [4.78, 5) is 14.4. The summed E-state index contributed by atoms with van der Waals surface area (Å²) in [6.45, 7) is 10.9. The molecule has 2 aromatic rings. The van der Waals surface area contributed by atoms with Gasteiger partial charge in [0.1, 0.15) is 0 Å². The van der Waals surface area contributed by atoms with Crippen LogP contribution in [0, 0.1) is 0 Å². The molecule has 1 atom stereocenters. The number of benzene rings is 2. The van der Waals surface area contributed by atoms with Crippen LogP contribution in [0.3, 0.4) is 0 Å². The van der Waals surface area contributed by atoms with Crippen LogP contribution in [0.5, 0.6) is 0 Å². The fourth-order valence-electron chi connectivity index (χ4n) is 2.89. The summed E-state index contributed by atoms with van der Waals surface area (Å²) >= 11 is 0. The van der Waals surface area contributed by atoms with Crippen molar-refractivity contribution in [2.75, 3.05) is 6.54 Å². The first-order chi connectivity index (χ1) is 10.3. The Morgan fingerprint density at radius 2 is 1.77 bits per heavy atom. The summed E-state index contributed by atoms with van der Waals surface area (Å²) in [7, 11) is 0. The zero-order valence-corrected chi connectivity index (χ0v) is 14.2. The van der Waals surface area contributed by atoms with Crippen LogP contribution in [-0.2, 0) is 0 Å². The lowest BCUT2D eigenvalue weighted by Gasteiger charge is -2.35. The molecule has 0 spiro atoms. The summed E-state index contributed by atoms with van der Waals surface area (Å²) in [5.41, 5.74) is 0.966. The molecule has 0 aliphatic carbocycles. The SMILES string of the molecule is CCN(C(=O)N[C@@H](C)c1cccc2ccccc12)C(C)(C)C. The number of fused-ring (bicyclic) bond motifs is 1. The zero-order chi connectivity index (χ0) is 16.3. The van der Waals surface area contributed by atoms with Crippen LogP contribution in [0.1, 0.15) is 46.2 Å². The van der Waals surface area contributed by atoms with Gasteiger partial charge in [-0.2, -0.15) is 0 Å². The topological polar surface area (TPSA) is 32.3 Å². The Morgan fingerprint density at radius 1 is 1.14 bits per heavy atom. The standard InChI is InChI=1S/C19H26N2O/c1-6-21(19(3,4)5)18(22)20-14(2)16-13-9-11-15-10-7-8-12-17(15)16/h7-14H,6H2,1-5H3,(H,20,22)/t14-/m0/s1.